The molecule has 4 aromatic rings. The van der Waals surface area contributed by atoms with Crippen LogP contribution in [0.1, 0.15) is 0 Å². The minimum Gasteiger partial charge on any atom is -0.229 e. The number of hydrogen-bond acceptors (Lipinski definition) is 5. The molecule has 0 aliphatic rings. The van der Waals surface area contributed by atoms with E-state index in [4.69, 9.17) is 23.2 Å². The van der Waals surface area contributed by atoms with E-state index in [1.807, 2.05) is 0 Å². The van der Waals surface area contributed by atoms with Gasteiger partial charge in [0.1, 0.15) is 31.9 Å². The molecule has 0 bridgehead atoms. The normalized spacial score (nSPS) is 10.9. The molecule has 0 aliphatic heterocycles. The first-order valence-corrected chi connectivity index (χ1v) is 12.0. The van der Waals surface area contributed by atoms with Crippen molar-refractivity contribution in [1.29, 1.82) is 0 Å². The summed E-state index contributed by atoms with van der Waals surface area (Å²) in [5.41, 5.74) is 0. The van der Waals surface area contributed by atoms with E-state index in [1.54, 1.807) is 36.4 Å². The highest BCUT2D eigenvalue weighted by molar-refractivity contribution is 7.99. The van der Waals surface area contributed by atoms with E-state index in [-0.39, 0.29) is 16.0 Å². The van der Waals surface area contributed by atoms with Gasteiger partial charge in [-0.05, 0) is 48.5 Å². The van der Waals surface area contributed by atoms with Crippen LogP contribution in [-0.4, -0.2) is 18.4 Å². The molecule has 0 saturated heterocycles. The summed E-state index contributed by atoms with van der Waals surface area (Å²) in [5, 5.41) is 0.876. The molecule has 0 radical (unpaired) electrons. The van der Waals surface area contributed by atoms with Gasteiger partial charge in [0.15, 0.2) is 5.03 Å². The Labute approximate surface area is 198 Å². The van der Waals surface area contributed by atoms with Crippen molar-refractivity contribution < 1.29 is 17.2 Å². The highest BCUT2D eigenvalue weighted by atomic mass is 35.5. The van der Waals surface area contributed by atoms with E-state index in [9.17, 15) is 17.2 Å². The van der Waals surface area contributed by atoms with Gasteiger partial charge in [0, 0.05) is 4.90 Å². The Morgan fingerprint density at radius 2 is 1.28 bits per heavy atom. The lowest BCUT2D eigenvalue weighted by atomic mass is 10.3. The van der Waals surface area contributed by atoms with Crippen molar-refractivity contribution in [2.24, 2.45) is 0 Å². The molecule has 4 rings (SSSR count). The molecule has 10 heteroatoms. The fourth-order valence-corrected chi connectivity index (χ4v) is 4.94. The molecule has 0 unspecified atom stereocenters. The fourth-order valence-electron chi connectivity index (χ4n) is 2.40. The van der Waals surface area contributed by atoms with Crippen LogP contribution in [-0.2, 0) is 9.84 Å². The van der Waals surface area contributed by atoms with Crippen molar-refractivity contribution in [3.05, 3.63) is 107 Å². The van der Waals surface area contributed by atoms with Gasteiger partial charge >= 0.3 is 0 Å². The van der Waals surface area contributed by atoms with Crippen LogP contribution in [0, 0.1) is 11.6 Å². The molecule has 2 aromatic carbocycles. The average molecular weight is 511 g/mol. The average Bonchev–Trinajstić information content (AvgIpc) is 2.76. The first kappa shape index (κ1) is 24.1. The van der Waals surface area contributed by atoms with E-state index in [1.165, 1.54) is 54.2 Å². The lowest BCUT2D eigenvalue weighted by Crippen LogP contribution is -2.06. The summed E-state index contributed by atoms with van der Waals surface area (Å²) in [6.07, 6.45) is 0. The van der Waals surface area contributed by atoms with Crippen LogP contribution in [0.15, 0.2) is 105 Å². The zero-order valence-corrected chi connectivity index (χ0v) is 19.3. The van der Waals surface area contributed by atoms with Crippen molar-refractivity contribution in [2.75, 3.05) is 0 Å². The van der Waals surface area contributed by atoms with Gasteiger partial charge < -0.3 is 0 Å². The summed E-state index contributed by atoms with van der Waals surface area (Å²) in [4.78, 5) is 7.89. The lowest BCUT2D eigenvalue weighted by Gasteiger charge is -2.04. The van der Waals surface area contributed by atoms with Crippen LogP contribution < -0.4 is 0 Å². The quantitative estimate of drug-likeness (QED) is 0.284. The summed E-state index contributed by atoms with van der Waals surface area (Å²) in [7, 11) is -3.96. The molecular formula is C22H14Cl2F2N2O2S2. The number of benzene rings is 2. The third-order valence-electron chi connectivity index (χ3n) is 3.83. The number of rotatable bonds is 4. The van der Waals surface area contributed by atoms with Crippen LogP contribution in [0.25, 0.3) is 0 Å². The van der Waals surface area contributed by atoms with Gasteiger partial charge in [-0.1, -0.05) is 71.4 Å². The van der Waals surface area contributed by atoms with Gasteiger partial charge in [-0.15, -0.1) is 0 Å². The topological polar surface area (TPSA) is 59.9 Å². The van der Waals surface area contributed by atoms with Crippen molar-refractivity contribution in [3.8, 4) is 0 Å². The summed E-state index contributed by atoms with van der Waals surface area (Å²) in [6, 6.07) is 21.1. The van der Waals surface area contributed by atoms with Gasteiger partial charge in [0.25, 0.3) is 0 Å². The number of halogens is 4. The number of nitrogens with zero attached hydrogens (tertiary/aromatic N) is 2. The van der Waals surface area contributed by atoms with E-state index in [0.29, 0.717) is 15.1 Å². The van der Waals surface area contributed by atoms with Gasteiger partial charge in [-0.25, -0.2) is 27.2 Å². The summed E-state index contributed by atoms with van der Waals surface area (Å²) in [5.74, 6) is -1.06. The number of aromatic nitrogens is 2. The minimum absolute atomic E-state index is 0.0439. The van der Waals surface area contributed by atoms with Crippen molar-refractivity contribution in [2.45, 2.75) is 19.8 Å². The molecule has 0 atom stereocenters. The predicted octanol–water partition coefficient (Wildman–Crippen LogP) is 6.73. The Morgan fingerprint density at radius 3 is 1.91 bits per heavy atom. The number of pyridine rings is 2. The zero-order chi connectivity index (χ0) is 23.1. The highest BCUT2D eigenvalue weighted by Gasteiger charge is 2.22. The Balaban J connectivity index is 0.000000182. The minimum atomic E-state index is -3.96. The second-order valence-corrected chi connectivity index (χ2v) is 9.77. The van der Waals surface area contributed by atoms with Crippen LogP contribution in [0.4, 0.5) is 8.78 Å². The largest absolute Gasteiger partial charge is 0.229 e. The van der Waals surface area contributed by atoms with Gasteiger partial charge in [0.05, 0.1) is 0 Å². The van der Waals surface area contributed by atoms with E-state index >= 15 is 0 Å². The van der Waals surface area contributed by atoms with Crippen LogP contribution in [0.2, 0.25) is 10.3 Å². The van der Waals surface area contributed by atoms with Crippen molar-refractivity contribution >= 4 is 44.8 Å². The van der Waals surface area contributed by atoms with Gasteiger partial charge in [-0.2, -0.15) is 0 Å². The molecule has 0 N–H and O–H groups in total. The first-order chi connectivity index (χ1) is 15.3. The molecule has 4 nitrogen and oxygen atoms in total. The molecule has 164 valence electrons. The molecule has 0 fully saturated rings. The first-order valence-electron chi connectivity index (χ1n) is 8.94. The van der Waals surface area contributed by atoms with E-state index < -0.39 is 20.5 Å². The predicted molar refractivity (Wildman–Crippen MR) is 121 cm³/mol. The maximum atomic E-state index is 13.4. The lowest BCUT2D eigenvalue weighted by molar-refractivity contribution is 0.564. The monoisotopic (exact) mass is 510 g/mol. The van der Waals surface area contributed by atoms with Crippen molar-refractivity contribution in [1.82, 2.24) is 9.97 Å². The zero-order valence-electron chi connectivity index (χ0n) is 16.1. The molecule has 2 heterocycles. The van der Waals surface area contributed by atoms with Crippen LogP contribution >= 0.6 is 35.0 Å². The third kappa shape index (κ3) is 6.26. The molecule has 2 aromatic heterocycles. The van der Waals surface area contributed by atoms with Gasteiger partial charge in [0.2, 0.25) is 9.84 Å². The van der Waals surface area contributed by atoms with Crippen molar-refractivity contribution in [3.63, 3.8) is 0 Å². The van der Waals surface area contributed by atoms with Crippen LogP contribution in [0.3, 0.4) is 0 Å². The summed E-state index contributed by atoms with van der Waals surface area (Å²) >= 11 is 12.6. The SMILES string of the molecule is Fc1ccccc1Sc1cccc(Cl)n1.O=S(=O)(c1cccc(Cl)n1)c1ccccc1F. The second kappa shape index (κ2) is 10.9. The Hall–Kier alpha value is -2.52. The van der Waals surface area contributed by atoms with Crippen LogP contribution in [0.5, 0.6) is 0 Å². The standard InChI is InChI=1S/C11H7ClFNO2S.C11H7ClFNS/c12-10-6-3-7-11(14-10)17(15,16)9-5-2-1-4-8(9)13;12-10-6-3-7-11(14-10)15-9-5-2-1-4-8(9)13/h1-7H;1-7H. The fraction of sp³-hybridized carbons (Fsp3) is 0. The Kier molecular flexibility index (Phi) is 8.20. The maximum absolute atomic E-state index is 13.4. The molecule has 0 spiro atoms. The molecular weight excluding hydrogens is 497 g/mol. The maximum Gasteiger partial charge on any atom is 0.226 e. The number of hydrogen-bond donors (Lipinski definition) is 0. The van der Waals surface area contributed by atoms with E-state index in [0.717, 1.165) is 6.07 Å². The molecule has 0 saturated carbocycles. The second-order valence-electron chi connectivity index (χ2n) is 6.06. The Bertz CT molecular complexity index is 1340. The van der Waals surface area contributed by atoms with Gasteiger partial charge in [-0.3, -0.25) is 0 Å². The molecule has 0 amide bonds. The summed E-state index contributed by atoms with van der Waals surface area (Å²) < 4.78 is 50.8. The third-order valence-corrected chi connectivity index (χ3v) is 6.93. The Morgan fingerprint density at radius 1 is 0.688 bits per heavy atom. The number of sulfone groups is 1. The smallest absolute Gasteiger partial charge is 0.226 e. The van der Waals surface area contributed by atoms with E-state index in [2.05, 4.69) is 9.97 Å². The molecule has 32 heavy (non-hydrogen) atoms. The summed E-state index contributed by atoms with van der Waals surface area (Å²) in [6.45, 7) is 0. The highest BCUT2D eigenvalue weighted by Crippen LogP contribution is 2.28. The molecule has 0 aliphatic carbocycles.